The van der Waals surface area contributed by atoms with Gasteiger partial charge in [-0.1, -0.05) is 5.16 Å². The predicted octanol–water partition coefficient (Wildman–Crippen LogP) is 3.17. The fourth-order valence-corrected chi connectivity index (χ4v) is 2.30. The van der Waals surface area contributed by atoms with E-state index in [4.69, 9.17) is 10.3 Å². The molecule has 0 atom stereocenters. The number of hydrogen-bond donors (Lipinski definition) is 1. The minimum Gasteiger partial charge on any atom is -0.339 e. The molecule has 2 aromatic rings. The molecule has 108 valence electrons. The van der Waals surface area contributed by atoms with Crippen LogP contribution in [0.4, 0.5) is 4.39 Å². The van der Waals surface area contributed by atoms with Crippen LogP contribution in [0.25, 0.3) is 0 Å². The standard InChI is InChI=1S/C14H18FN3OS/c1-14(2,16)8-7-13-17-12(18-19-13)9-20-11-5-3-10(15)4-6-11/h3-6H,7-9,16H2,1-2H3. The molecule has 0 amide bonds. The largest absolute Gasteiger partial charge is 0.339 e. The zero-order chi connectivity index (χ0) is 14.6. The van der Waals surface area contributed by atoms with Crippen LogP contribution in [0.2, 0.25) is 0 Å². The van der Waals surface area contributed by atoms with Crippen LogP contribution in [0.1, 0.15) is 32.0 Å². The minimum atomic E-state index is -0.239. The number of thioether (sulfide) groups is 1. The Balaban J connectivity index is 1.85. The van der Waals surface area contributed by atoms with Gasteiger partial charge in [0.2, 0.25) is 5.89 Å². The number of nitrogens with two attached hydrogens (primary N) is 1. The Morgan fingerprint density at radius 1 is 1.30 bits per heavy atom. The molecule has 2 N–H and O–H groups in total. The van der Waals surface area contributed by atoms with E-state index in [-0.39, 0.29) is 11.4 Å². The highest BCUT2D eigenvalue weighted by Crippen LogP contribution is 2.22. The first-order valence-corrected chi connectivity index (χ1v) is 7.40. The normalized spacial score (nSPS) is 11.8. The van der Waals surface area contributed by atoms with Crippen LogP contribution >= 0.6 is 11.8 Å². The number of rotatable bonds is 6. The SMILES string of the molecule is CC(C)(N)CCc1nc(CSc2ccc(F)cc2)no1. The molecule has 0 saturated heterocycles. The summed E-state index contributed by atoms with van der Waals surface area (Å²) in [5, 5.41) is 3.93. The molecule has 1 aromatic carbocycles. The van der Waals surface area contributed by atoms with E-state index in [1.54, 1.807) is 23.9 Å². The Labute approximate surface area is 121 Å². The highest BCUT2D eigenvalue weighted by atomic mass is 32.2. The Kier molecular flexibility index (Phi) is 4.77. The Morgan fingerprint density at radius 3 is 2.65 bits per heavy atom. The van der Waals surface area contributed by atoms with Gasteiger partial charge in [-0.25, -0.2) is 4.39 Å². The van der Waals surface area contributed by atoms with Gasteiger partial charge >= 0.3 is 0 Å². The van der Waals surface area contributed by atoms with Crippen molar-refractivity contribution >= 4 is 11.8 Å². The third kappa shape index (κ3) is 4.94. The van der Waals surface area contributed by atoms with Gasteiger partial charge in [0, 0.05) is 16.9 Å². The molecule has 2 rings (SSSR count). The van der Waals surface area contributed by atoms with Gasteiger partial charge in [0.25, 0.3) is 0 Å². The van der Waals surface area contributed by atoms with Crippen molar-refractivity contribution < 1.29 is 8.91 Å². The molecule has 0 aliphatic carbocycles. The third-order valence-corrected chi connectivity index (χ3v) is 3.68. The zero-order valence-electron chi connectivity index (χ0n) is 11.6. The summed E-state index contributed by atoms with van der Waals surface area (Å²) in [6.07, 6.45) is 1.47. The number of halogens is 1. The summed E-state index contributed by atoms with van der Waals surface area (Å²) < 4.78 is 18.0. The quantitative estimate of drug-likeness (QED) is 0.829. The molecular weight excluding hydrogens is 277 g/mol. The van der Waals surface area contributed by atoms with E-state index >= 15 is 0 Å². The lowest BCUT2D eigenvalue weighted by Gasteiger charge is -2.16. The van der Waals surface area contributed by atoms with Gasteiger partial charge < -0.3 is 10.3 Å². The van der Waals surface area contributed by atoms with E-state index in [2.05, 4.69) is 10.1 Å². The molecule has 0 fully saturated rings. The molecule has 0 spiro atoms. The smallest absolute Gasteiger partial charge is 0.226 e. The molecule has 0 unspecified atom stereocenters. The molecule has 0 aliphatic rings. The van der Waals surface area contributed by atoms with Crippen LogP contribution in [0, 0.1) is 5.82 Å². The summed E-state index contributed by atoms with van der Waals surface area (Å²) in [5.41, 5.74) is 5.67. The summed E-state index contributed by atoms with van der Waals surface area (Å²) in [4.78, 5) is 5.29. The molecule has 0 bridgehead atoms. The predicted molar refractivity (Wildman–Crippen MR) is 76.8 cm³/mol. The molecule has 4 nitrogen and oxygen atoms in total. The topological polar surface area (TPSA) is 64.9 Å². The summed E-state index contributed by atoms with van der Waals surface area (Å²) in [6.45, 7) is 3.93. The number of aromatic nitrogens is 2. The van der Waals surface area contributed by atoms with Crippen molar-refractivity contribution in [3.8, 4) is 0 Å². The minimum absolute atomic E-state index is 0.236. The number of nitrogens with zero attached hydrogens (tertiary/aromatic N) is 2. The third-order valence-electron chi connectivity index (χ3n) is 2.67. The van der Waals surface area contributed by atoms with Crippen molar-refractivity contribution in [2.45, 2.75) is 42.9 Å². The Hall–Kier alpha value is -1.40. The Bertz CT molecular complexity index is 548. The second kappa shape index (κ2) is 6.37. The summed E-state index contributed by atoms with van der Waals surface area (Å²) in [7, 11) is 0. The van der Waals surface area contributed by atoms with E-state index in [0.717, 1.165) is 11.3 Å². The average molecular weight is 295 g/mol. The highest BCUT2D eigenvalue weighted by Gasteiger charge is 2.14. The fraction of sp³-hybridized carbons (Fsp3) is 0.429. The van der Waals surface area contributed by atoms with E-state index in [9.17, 15) is 4.39 Å². The van der Waals surface area contributed by atoms with Gasteiger partial charge in [-0.15, -0.1) is 11.8 Å². The maximum absolute atomic E-state index is 12.8. The number of hydrogen-bond acceptors (Lipinski definition) is 5. The first-order valence-electron chi connectivity index (χ1n) is 6.41. The molecular formula is C14H18FN3OS. The lowest BCUT2D eigenvalue weighted by Crippen LogP contribution is -2.32. The van der Waals surface area contributed by atoms with Crippen LogP contribution in [0.3, 0.4) is 0 Å². The fourth-order valence-electron chi connectivity index (χ4n) is 1.56. The van der Waals surface area contributed by atoms with Crippen LogP contribution in [-0.4, -0.2) is 15.7 Å². The van der Waals surface area contributed by atoms with Crippen LogP contribution in [0.5, 0.6) is 0 Å². The first kappa shape index (κ1) is 15.0. The van der Waals surface area contributed by atoms with E-state index in [1.807, 2.05) is 13.8 Å². The molecule has 0 radical (unpaired) electrons. The van der Waals surface area contributed by atoms with Gasteiger partial charge in [-0.2, -0.15) is 4.98 Å². The van der Waals surface area contributed by atoms with Crippen molar-refractivity contribution in [1.29, 1.82) is 0 Å². The van der Waals surface area contributed by atoms with E-state index in [0.29, 0.717) is 23.9 Å². The summed E-state index contributed by atoms with van der Waals surface area (Å²) in [5.74, 6) is 1.62. The van der Waals surface area contributed by atoms with E-state index < -0.39 is 0 Å². The van der Waals surface area contributed by atoms with E-state index in [1.165, 1.54) is 12.1 Å². The maximum atomic E-state index is 12.8. The number of aryl methyl sites for hydroxylation is 1. The van der Waals surface area contributed by atoms with Gasteiger partial charge in [0.1, 0.15) is 5.82 Å². The molecule has 0 saturated carbocycles. The maximum Gasteiger partial charge on any atom is 0.226 e. The lowest BCUT2D eigenvalue weighted by molar-refractivity contribution is 0.355. The van der Waals surface area contributed by atoms with Crippen molar-refractivity contribution in [2.24, 2.45) is 5.73 Å². The summed E-state index contributed by atoms with van der Waals surface area (Å²) in [6, 6.07) is 6.34. The van der Waals surface area contributed by atoms with Crippen molar-refractivity contribution in [3.05, 3.63) is 41.8 Å². The van der Waals surface area contributed by atoms with Crippen LogP contribution in [0.15, 0.2) is 33.7 Å². The van der Waals surface area contributed by atoms with Gasteiger partial charge in [0.05, 0.1) is 5.75 Å². The average Bonchev–Trinajstić information content (AvgIpc) is 2.83. The monoisotopic (exact) mass is 295 g/mol. The number of benzene rings is 1. The zero-order valence-corrected chi connectivity index (χ0v) is 12.4. The molecule has 1 heterocycles. The van der Waals surface area contributed by atoms with Gasteiger partial charge in [-0.05, 0) is 44.5 Å². The Morgan fingerprint density at radius 2 is 2.00 bits per heavy atom. The van der Waals surface area contributed by atoms with Gasteiger partial charge in [-0.3, -0.25) is 0 Å². The second-order valence-corrected chi connectivity index (χ2v) is 6.38. The van der Waals surface area contributed by atoms with Gasteiger partial charge in [0.15, 0.2) is 5.82 Å². The van der Waals surface area contributed by atoms with Crippen molar-refractivity contribution in [3.63, 3.8) is 0 Å². The molecule has 6 heteroatoms. The first-order chi connectivity index (χ1) is 9.42. The van der Waals surface area contributed by atoms with Crippen molar-refractivity contribution in [2.75, 3.05) is 0 Å². The lowest BCUT2D eigenvalue weighted by atomic mass is 10.0. The molecule has 1 aromatic heterocycles. The van der Waals surface area contributed by atoms with Crippen molar-refractivity contribution in [1.82, 2.24) is 10.1 Å². The second-order valence-electron chi connectivity index (χ2n) is 5.34. The van der Waals surface area contributed by atoms with Crippen LogP contribution < -0.4 is 5.73 Å². The summed E-state index contributed by atoms with van der Waals surface area (Å²) >= 11 is 1.54. The highest BCUT2D eigenvalue weighted by molar-refractivity contribution is 7.98. The molecule has 20 heavy (non-hydrogen) atoms. The molecule has 0 aliphatic heterocycles. The van der Waals surface area contributed by atoms with Crippen LogP contribution in [-0.2, 0) is 12.2 Å².